The quantitative estimate of drug-likeness (QED) is 0.613. The van der Waals surface area contributed by atoms with Gasteiger partial charge in [0.05, 0.1) is 11.8 Å². The van der Waals surface area contributed by atoms with Gasteiger partial charge >= 0.3 is 0 Å². The molecule has 2 aliphatic heterocycles. The number of ether oxygens (including phenoxy) is 1. The number of likely N-dealkylation sites (tertiary alicyclic amines) is 1. The molecule has 0 saturated carbocycles. The fourth-order valence-electron chi connectivity index (χ4n) is 4.14. The molecule has 1 aromatic heterocycles. The van der Waals surface area contributed by atoms with E-state index in [-0.39, 0.29) is 11.8 Å². The molecular formula is C22H25N5O3S. The SMILES string of the molecule is C=CC(=O)N1CCC(C2=N[C@@](C(N)=O)(c3cc4cc(C)cc(OC)c4s3)C=C(N)N2)C1. The molecule has 2 amide bonds. The van der Waals surface area contributed by atoms with Crippen molar-refractivity contribution in [2.45, 2.75) is 18.9 Å². The molecule has 1 fully saturated rings. The highest BCUT2D eigenvalue weighted by Crippen LogP contribution is 2.42. The molecule has 4 rings (SSSR count). The lowest BCUT2D eigenvalue weighted by atomic mass is 9.93. The molecular weight excluding hydrogens is 414 g/mol. The number of methoxy groups -OCH3 is 1. The summed E-state index contributed by atoms with van der Waals surface area (Å²) in [5.41, 5.74) is 11.7. The molecule has 0 radical (unpaired) electrons. The Kier molecular flexibility index (Phi) is 5.22. The Morgan fingerprint density at radius 3 is 2.87 bits per heavy atom. The second kappa shape index (κ2) is 7.73. The van der Waals surface area contributed by atoms with Gasteiger partial charge in [-0.3, -0.25) is 9.59 Å². The van der Waals surface area contributed by atoms with E-state index in [1.807, 2.05) is 25.1 Å². The van der Waals surface area contributed by atoms with Gasteiger partial charge in [0, 0.05) is 23.9 Å². The fourth-order valence-corrected chi connectivity index (χ4v) is 5.39. The fraction of sp³-hybridized carbons (Fsp3) is 0.318. The van der Waals surface area contributed by atoms with Crippen LogP contribution in [0, 0.1) is 12.8 Å². The van der Waals surface area contributed by atoms with Crippen molar-refractivity contribution in [3.63, 3.8) is 0 Å². The molecule has 1 saturated heterocycles. The maximum absolute atomic E-state index is 12.8. The van der Waals surface area contributed by atoms with E-state index in [1.165, 1.54) is 17.4 Å². The Hall–Kier alpha value is -3.33. The third kappa shape index (κ3) is 3.54. The van der Waals surface area contributed by atoms with Gasteiger partial charge < -0.3 is 26.4 Å². The minimum Gasteiger partial charge on any atom is -0.495 e. The summed E-state index contributed by atoms with van der Waals surface area (Å²) in [6.45, 7) is 6.59. The Bertz CT molecular complexity index is 1150. The molecule has 2 aliphatic rings. The lowest BCUT2D eigenvalue weighted by molar-refractivity contribution is -0.125. The number of hydrogen-bond acceptors (Lipinski definition) is 7. The van der Waals surface area contributed by atoms with Crippen LogP contribution in [0.3, 0.4) is 0 Å². The lowest BCUT2D eigenvalue weighted by Crippen LogP contribution is -2.47. The number of amides is 2. The van der Waals surface area contributed by atoms with Crippen LogP contribution >= 0.6 is 11.3 Å². The van der Waals surface area contributed by atoms with Crippen molar-refractivity contribution in [1.82, 2.24) is 10.2 Å². The van der Waals surface area contributed by atoms with Gasteiger partial charge in [0.15, 0.2) is 5.54 Å². The highest BCUT2D eigenvalue weighted by Gasteiger charge is 2.43. The molecule has 0 aliphatic carbocycles. The minimum atomic E-state index is -1.43. The molecule has 9 heteroatoms. The van der Waals surface area contributed by atoms with E-state index < -0.39 is 11.4 Å². The number of primary amides is 1. The molecule has 31 heavy (non-hydrogen) atoms. The zero-order chi connectivity index (χ0) is 22.3. The van der Waals surface area contributed by atoms with Crippen LogP contribution in [0.2, 0.25) is 0 Å². The summed E-state index contributed by atoms with van der Waals surface area (Å²) in [5.74, 6) is 0.761. The first-order valence-electron chi connectivity index (χ1n) is 9.92. The maximum Gasteiger partial charge on any atom is 0.255 e. The molecule has 8 nitrogen and oxygen atoms in total. The number of carbonyl (C=O) groups excluding carboxylic acids is 2. The molecule has 0 bridgehead atoms. The van der Waals surface area contributed by atoms with E-state index in [0.717, 1.165) is 21.4 Å². The Labute approximate surface area is 184 Å². The number of thiophene rings is 1. The number of amidine groups is 1. The number of hydrogen-bond donors (Lipinski definition) is 3. The van der Waals surface area contributed by atoms with E-state index in [0.29, 0.717) is 36.0 Å². The van der Waals surface area contributed by atoms with Crippen molar-refractivity contribution >= 4 is 39.1 Å². The normalized spacial score (nSPS) is 23.2. The first-order valence-corrected chi connectivity index (χ1v) is 10.7. The van der Waals surface area contributed by atoms with Crippen LogP contribution in [0.1, 0.15) is 16.9 Å². The van der Waals surface area contributed by atoms with E-state index in [2.05, 4.69) is 11.9 Å². The summed E-state index contributed by atoms with van der Waals surface area (Å²) < 4.78 is 6.44. The Morgan fingerprint density at radius 2 is 2.19 bits per heavy atom. The van der Waals surface area contributed by atoms with Gasteiger partial charge in [0.25, 0.3) is 5.91 Å². The van der Waals surface area contributed by atoms with Crippen LogP contribution in [0.4, 0.5) is 0 Å². The lowest BCUT2D eigenvalue weighted by Gasteiger charge is -2.30. The van der Waals surface area contributed by atoms with Crippen LogP contribution in [0.25, 0.3) is 10.1 Å². The van der Waals surface area contributed by atoms with Crippen LogP contribution in [-0.4, -0.2) is 42.7 Å². The number of rotatable bonds is 5. The molecule has 2 atom stereocenters. The van der Waals surface area contributed by atoms with Crippen molar-refractivity contribution in [3.8, 4) is 5.75 Å². The average Bonchev–Trinajstić information content (AvgIpc) is 3.39. The molecule has 3 heterocycles. The van der Waals surface area contributed by atoms with Gasteiger partial charge in [-0.25, -0.2) is 4.99 Å². The number of carbonyl (C=O) groups is 2. The predicted molar refractivity (Wildman–Crippen MR) is 122 cm³/mol. The molecule has 0 spiro atoms. The first-order chi connectivity index (χ1) is 14.8. The summed E-state index contributed by atoms with van der Waals surface area (Å²) in [4.78, 5) is 31.9. The van der Waals surface area contributed by atoms with E-state index >= 15 is 0 Å². The van der Waals surface area contributed by atoms with Crippen LogP contribution < -0.4 is 21.5 Å². The second-order valence-corrected chi connectivity index (χ2v) is 8.87. The van der Waals surface area contributed by atoms with Crippen molar-refractivity contribution in [1.29, 1.82) is 0 Å². The van der Waals surface area contributed by atoms with E-state index in [1.54, 1.807) is 18.1 Å². The number of benzene rings is 1. The van der Waals surface area contributed by atoms with Gasteiger partial charge in [-0.1, -0.05) is 12.6 Å². The first kappa shape index (κ1) is 20.9. The number of nitrogens with two attached hydrogens (primary N) is 2. The molecule has 1 aromatic carbocycles. The summed E-state index contributed by atoms with van der Waals surface area (Å²) in [6.07, 6.45) is 3.56. The zero-order valence-electron chi connectivity index (χ0n) is 17.5. The number of aryl methyl sites for hydroxylation is 1. The highest BCUT2D eigenvalue weighted by atomic mass is 32.1. The number of fused-ring (bicyclic) bond motifs is 1. The summed E-state index contributed by atoms with van der Waals surface area (Å²) >= 11 is 1.41. The standard InChI is InChI=1S/C22H25N5O3S/c1-4-18(28)27-6-5-13(11-27)20-25-17(23)10-22(26-20,21(24)29)16-9-14-7-12(2)8-15(30-3)19(14)31-16/h4,7-10,13H,1,5-6,11,23H2,2-3H3,(H2,24,29)(H,25,26)/t13?,22-/m1/s1. The number of aliphatic imine (C=N–C) groups is 1. The zero-order valence-corrected chi connectivity index (χ0v) is 18.3. The molecule has 2 aromatic rings. The minimum absolute atomic E-state index is 0.0824. The van der Waals surface area contributed by atoms with Gasteiger partial charge in [-0.05, 0) is 48.6 Å². The highest BCUT2D eigenvalue weighted by molar-refractivity contribution is 7.19. The third-order valence-electron chi connectivity index (χ3n) is 5.69. The Morgan fingerprint density at radius 1 is 1.42 bits per heavy atom. The van der Waals surface area contributed by atoms with Crippen LogP contribution in [0.15, 0.2) is 47.7 Å². The van der Waals surface area contributed by atoms with E-state index in [9.17, 15) is 9.59 Å². The van der Waals surface area contributed by atoms with Gasteiger partial charge in [0.2, 0.25) is 5.91 Å². The smallest absolute Gasteiger partial charge is 0.255 e. The third-order valence-corrected chi connectivity index (χ3v) is 6.98. The largest absolute Gasteiger partial charge is 0.495 e. The monoisotopic (exact) mass is 439 g/mol. The second-order valence-electron chi connectivity index (χ2n) is 7.82. The number of nitrogens with one attached hydrogen (secondary N) is 1. The number of nitrogens with zero attached hydrogens (tertiary/aromatic N) is 2. The van der Waals surface area contributed by atoms with Gasteiger partial charge in [-0.2, -0.15) is 0 Å². The van der Waals surface area contributed by atoms with Crippen molar-refractivity contribution in [2.75, 3.05) is 20.2 Å². The average molecular weight is 440 g/mol. The summed E-state index contributed by atoms with van der Waals surface area (Å²) in [5, 5.41) is 4.03. The molecule has 1 unspecified atom stereocenters. The molecule has 162 valence electrons. The predicted octanol–water partition coefficient (Wildman–Crippen LogP) is 1.74. The van der Waals surface area contributed by atoms with Crippen molar-refractivity contribution in [2.24, 2.45) is 22.4 Å². The Balaban J connectivity index is 1.80. The maximum atomic E-state index is 12.8. The van der Waals surface area contributed by atoms with Crippen LogP contribution in [-0.2, 0) is 15.1 Å². The molecule has 5 N–H and O–H groups in total. The topological polar surface area (TPSA) is 123 Å². The van der Waals surface area contributed by atoms with Crippen molar-refractivity contribution < 1.29 is 14.3 Å². The van der Waals surface area contributed by atoms with E-state index in [4.69, 9.17) is 21.2 Å². The summed E-state index contributed by atoms with van der Waals surface area (Å²) in [7, 11) is 1.62. The van der Waals surface area contributed by atoms with Crippen molar-refractivity contribution in [3.05, 3.63) is 53.2 Å². The summed E-state index contributed by atoms with van der Waals surface area (Å²) in [6, 6.07) is 5.89. The van der Waals surface area contributed by atoms with Gasteiger partial charge in [0.1, 0.15) is 17.4 Å². The van der Waals surface area contributed by atoms with Gasteiger partial charge in [-0.15, -0.1) is 11.3 Å². The van der Waals surface area contributed by atoms with Crippen LogP contribution in [0.5, 0.6) is 5.75 Å².